The van der Waals surface area contributed by atoms with E-state index in [0.29, 0.717) is 51.0 Å². The summed E-state index contributed by atoms with van der Waals surface area (Å²) in [5.74, 6) is 0.579. The Hall–Kier alpha value is -0.650. The van der Waals surface area contributed by atoms with Crippen molar-refractivity contribution in [3.8, 4) is 0 Å². The third-order valence-corrected chi connectivity index (χ3v) is 4.44. The first-order valence-electron chi connectivity index (χ1n) is 7.68. The molecule has 116 valence electrons. The van der Waals surface area contributed by atoms with Gasteiger partial charge in [0.05, 0.1) is 11.7 Å². The summed E-state index contributed by atoms with van der Waals surface area (Å²) in [5.41, 5.74) is -0.768. The molecule has 1 heterocycles. The molecule has 2 rings (SSSR count). The van der Waals surface area contributed by atoms with Gasteiger partial charge in [-0.15, -0.1) is 0 Å². The van der Waals surface area contributed by atoms with Gasteiger partial charge in [0.1, 0.15) is 0 Å². The zero-order valence-electron chi connectivity index (χ0n) is 12.6. The van der Waals surface area contributed by atoms with Gasteiger partial charge in [-0.05, 0) is 25.7 Å². The lowest BCUT2D eigenvalue weighted by Gasteiger charge is -2.38. The van der Waals surface area contributed by atoms with Gasteiger partial charge in [0.2, 0.25) is 5.91 Å². The van der Waals surface area contributed by atoms with Crippen LogP contribution in [0.2, 0.25) is 0 Å². The molecular weight excluding hydrogens is 258 g/mol. The smallest absolute Gasteiger partial charge is 0.222 e. The molecule has 1 saturated heterocycles. The van der Waals surface area contributed by atoms with Crippen LogP contribution in [0.5, 0.6) is 0 Å². The average Bonchev–Trinajstić information content (AvgIpc) is 2.36. The second kappa shape index (κ2) is 6.87. The van der Waals surface area contributed by atoms with Crippen LogP contribution in [0.1, 0.15) is 39.0 Å². The number of hydrogen-bond donors (Lipinski definition) is 1. The quantitative estimate of drug-likeness (QED) is 0.796. The van der Waals surface area contributed by atoms with E-state index in [9.17, 15) is 9.90 Å². The van der Waals surface area contributed by atoms with Gasteiger partial charge in [-0.3, -0.25) is 4.79 Å². The molecule has 20 heavy (non-hydrogen) atoms. The lowest BCUT2D eigenvalue weighted by atomic mass is 9.79. The topological polar surface area (TPSA) is 59.0 Å². The van der Waals surface area contributed by atoms with Crippen LogP contribution in [-0.4, -0.2) is 61.0 Å². The summed E-state index contributed by atoms with van der Waals surface area (Å²) in [6.07, 6.45) is 4.13. The van der Waals surface area contributed by atoms with E-state index in [0.717, 1.165) is 19.4 Å². The van der Waals surface area contributed by atoms with E-state index in [-0.39, 0.29) is 5.91 Å². The Balaban J connectivity index is 1.70. The van der Waals surface area contributed by atoms with E-state index in [1.807, 2.05) is 6.92 Å². The zero-order valence-corrected chi connectivity index (χ0v) is 12.6. The molecule has 0 bridgehead atoms. The summed E-state index contributed by atoms with van der Waals surface area (Å²) in [6.45, 7) is 4.33. The fraction of sp³-hybridized carbons (Fsp3) is 0.933. The van der Waals surface area contributed by atoms with E-state index in [1.165, 1.54) is 0 Å². The van der Waals surface area contributed by atoms with E-state index >= 15 is 0 Å². The number of aliphatic hydroxyl groups is 1. The second-order valence-electron chi connectivity index (χ2n) is 6.21. The SMILES string of the molecule is CCOC1CC(CC(=O)N(C)CC2(O)CCOCC2)C1. The maximum atomic E-state index is 12.2. The largest absolute Gasteiger partial charge is 0.388 e. The molecule has 0 atom stereocenters. The lowest BCUT2D eigenvalue weighted by Crippen LogP contribution is -2.48. The van der Waals surface area contributed by atoms with Crippen LogP contribution in [0.4, 0.5) is 0 Å². The highest BCUT2D eigenvalue weighted by molar-refractivity contribution is 5.76. The maximum Gasteiger partial charge on any atom is 0.222 e. The summed E-state index contributed by atoms with van der Waals surface area (Å²) < 4.78 is 10.8. The van der Waals surface area contributed by atoms with Crippen molar-refractivity contribution < 1.29 is 19.4 Å². The Morgan fingerprint density at radius 3 is 2.65 bits per heavy atom. The number of nitrogens with zero attached hydrogens (tertiary/aromatic N) is 1. The highest BCUT2D eigenvalue weighted by Gasteiger charge is 2.35. The average molecular weight is 285 g/mol. The summed E-state index contributed by atoms with van der Waals surface area (Å²) in [5, 5.41) is 10.4. The first-order valence-corrected chi connectivity index (χ1v) is 7.68. The maximum absolute atomic E-state index is 12.2. The van der Waals surface area contributed by atoms with Gasteiger partial charge in [0.25, 0.3) is 0 Å². The van der Waals surface area contributed by atoms with Crippen molar-refractivity contribution in [3.05, 3.63) is 0 Å². The van der Waals surface area contributed by atoms with Crippen molar-refractivity contribution in [1.29, 1.82) is 0 Å². The Bertz CT molecular complexity index is 322. The molecule has 0 aromatic heterocycles. The van der Waals surface area contributed by atoms with Crippen LogP contribution in [0.3, 0.4) is 0 Å². The predicted molar refractivity (Wildman–Crippen MR) is 75.4 cm³/mol. The third kappa shape index (κ3) is 4.17. The fourth-order valence-corrected chi connectivity index (χ4v) is 3.05. The molecule has 1 amide bonds. The van der Waals surface area contributed by atoms with Gasteiger partial charge in [-0.1, -0.05) is 0 Å². The van der Waals surface area contributed by atoms with Crippen molar-refractivity contribution in [3.63, 3.8) is 0 Å². The van der Waals surface area contributed by atoms with Gasteiger partial charge >= 0.3 is 0 Å². The molecule has 1 aliphatic heterocycles. The van der Waals surface area contributed by atoms with Gasteiger partial charge in [0, 0.05) is 52.7 Å². The number of ether oxygens (including phenoxy) is 2. The molecule has 0 unspecified atom stereocenters. The van der Waals surface area contributed by atoms with E-state index in [1.54, 1.807) is 11.9 Å². The molecule has 0 spiro atoms. The number of likely N-dealkylation sites (N-methyl/N-ethyl adjacent to an activating group) is 1. The van der Waals surface area contributed by atoms with E-state index in [4.69, 9.17) is 9.47 Å². The predicted octanol–water partition coefficient (Wildman–Crippen LogP) is 1.19. The molecule has 1 aliphatic carbocycles. The minimum Gasteiger partial charge on any atom is -0.388 e. The Morgan fingerprint density at radius 1 is 1.40 bits per heavy atom. The third-order valence-electron chi connectivity index (χ3n) is 4.44. The Kier molecular flexibility index (Phi) is 5.41. The number of rotatable bonds is 6. The van der Waals surface area contributed by atoms with Gasteiger partial charge in [-0.25, -0.2) is 0 Å². The number of carbonyl (C=O) groups excluding carboxylic acids is 1. The lowest BCUT2D eigenvalue weighted by molar-refractivity contribution is -0.139. The van der Waals surface area contributed by atoms with Crippen molar-refractivity contribution in [1.82, 2.24) is 4.90 Å². The standard InChI is InChI=1S/C15H27NO4/c1-3-20-13-8-12(9-13)10-14(17)16(2)11-15(18)4-6-19-7-5-15/h12-13,18H,3-11H2,1-2H3. The molecule has 0 aromatic carbocycles. The molecule has 5 nitrogen and oxygen atoms in total. The summed E-state index contributed by atoms with van der Waals surface area (Å²) in [7, 11) is 1.79. The van der Waals surface area contributed by atoms with Crippen LogP contribution >= 0.6 is 0 Å². The molecule has 1 N–H and O–H groups in total. The molecule has 2 fully saturated rings. The number of hydrogen-bond acceptors (Lipinski definition) is 4. The van der Waals surface area contributed by atoms with E-state index in [2.05, 4.69) is 0 Å². The summed E-state index contributed by atoms with van der Waals surface area (Å²) >= 11 is 0. The molecule has 1 saturated carbocycles. The normalized spacial score (nSPS) is 28.8. The van der Waals surface area contributed by atoms with Crippen LogP contribution in [-0.2, 0) is 14.3 Å². The van der Waals surface area contributed by atoms with Crippen LogP contribution in [0, 0.1) is 5.92 Å². The van der Waals surface area contributed by atoms with Crippen molar-refractivity contribution in [2.24, 2.45) is 5.92 Å². The minimum atomic E-state index is -0.768. The molecule has 2 aliphatic rings. The van der Waals surface area contributed by atoms with Crippen LogP contribution in [0.15, 0.2) is 0 Å². The summed E-state index contributed by atoms with van der Waals surface area (Å²) in [6, 6.07) is 0. The Labute approximate surface area is 121 Å². The van der Waals surface area contributed by atoms with Crippen molar-refractivity contribution in [2.45, 2.75) is 50.7 Å². The van der Waals surface area contributed by atoms with Crippen molar-refractivity contribution in [2.75, 3.05) is 33.4 Å². The number of carbonyl (C=O) groups is 1. The van der Waals surface area contributed by atoms with Crippen molar-refractivity contribution >= 4 is 5.91 Å². The monoisotopic (exact) mass is 285 g/mol. The zero-order chi connectivity index (χ0) is 14.6. The summed E-state index contributed by atoms with van der Waals surface area (Å²) in [4.78, 5) is 13.8. The van der Waals surface area contributed by atoms with Gasteiger partial charge in [0.15, 0.2) is 0 Å². The molecular formula is C15H27NO4. The van der Waals surface area contributed by atoms with Gasteiger partial charge in [-0.2, -0.15) is 0 Å². The Morgan fingerprint density at radius 2 is 2.05 bits per heavy atom. The molecule has 0 aromatic rings. The number of amides is 1. The first-order chi connectivity index (χ1) is 9.52. The first kappa shape index (κ1) is 15.7. The molecule has 0 radical (unpaired) electrons. The van der Waals surface area contributed by atoms with E-state index < -0.39 is 5.60 Å². The second-order valence-corrected chi connectivity index (χ2v) is 6.21. The van der Waals surface area contributed by atoms with Crippen LogP contribution in [0.25, 0.3) is 0 Å². The van der Waals surface area contributed by atoms with Gasteiger partial charge < -0.3 is 19.5 Å². The highest BCUT2D eigenvalue weighted by Crippen LogP contribution is 2.33. The molecule has 5 heteroatoms. The highest BCUT2D eigenvalue weighted by atomic mass is 16.5. The fourth-order valence-electron chi connectivity index (χ4n) is 3.05. The minimum absolute atomic E-state index is 0.130. The van der Waals surface area contributed by atoms with Crippen LogP contribution < -0.4 is 0 Å².